The van der Waals surface area contributed by atoms with Gasteiger partial charge in [-0.15, -0.1) is 0 Å². The van der Waals surface area contributed by atoms with Gasteiger partial charge in [-0.2, -0.15) is 0 Å². The quantitative estimate of drug-likeness (QED) is 0.469. The molecule has 66 valence electrons. The van der Waals surface area contributed by atoms with E-state index in [1.807, 2.05) is 0 Å². The van der Waals surface area contributed by atoms with Crippen LogP contribution in [0.25, 0.3) is 0 Å². The molecular formula is C8H18O2Si. The van der Waals surface area contributed by atoms with E-state index in [4.69, 9.17) is 9.16 Å². The molecule has 3 heteroatoms. The van der Waals surface area contributed by atoms with E-state index in [0.717, 1.165) is 13.2 Å². The Kier molecular flexibility index (Phi) is 3.10. The molecule has 0 heterocycles. The summed E-state index contributed by atoms with van der Waals surface area (Å²) >= 11 is 0. The van der Waals surface area contributed by atoms with Gasteiger partial charge in [-0.05, 0) is 32.5 Å². The van der Waals surface area contributed by atoms with Crippen molar-refractivity contribution in [3.05, 3.63) is 0 Å². The van der Waals surface area contributed by atoms with Crippen molar-refractivity contribution in [1.82, 2.24) is 0 Å². The Hall–Kier alpha value is 0.137. The topological polar surface area (TPSA) is 18.5 Å². The van der Waals surface area contributed by atoms with Gasteiger partial charge in [-0.3, -0.25) is 0 Å². The second-order valence-electron chi connectivity index (χ2n) is 4.03. The minimum absolute atomic E-state index is 0.570. The highest BCUT2D eigenvalue weighted by Gasteiger charge is 2.22. The maximum absolute atomic E-state index is 5.62. The summed E-state index contributed by atoms with van der Waals surface area (Å²) in [5, 5.41) is 0. The Labute approximate surface area is 70.0 Å². The van der Waals surface area contributed by atoms with E-state index in [-0.39, 0.29) is 0 Å². The van der Waals surface area contributed by atoms with Gasteiger partial charge < -0.3 is 9.16 Å². The van der Waals surface area contributed by atoms with Crippen molar-refractivity contribution in [3.63, 3.8) is 0 Å². The molecule has 0 aromatic rings. The summed E-state index contributed by atoms with van der Waals surface area (Å²) in [5.74, 6) is 0. The Morgan fingerprint density at radius 1 is 1.18 bits per heavy atom. The van der Waals surface area contributed by atoms with Crippen molar-refractivity contribution in [3.8, 4) is 0 Å². The first kappa shape index (κ1) is 9.23. The van der Waals surface area contributed by atoms with Crippen molar-refractivity contribution in [2.45, 2.75) is 38.6 Å². The van der Waals surface area contributed by atoms with Crippen LogP contribution in [-0.2, 0) is 9.16 Å². The number of ether oxygens (including phenoxy) is 1. The summed E-state index contributed by atoms with van der Waals surface area (Å²) in [6, 6.07) is 0. The number of rotatable bonds is 5. The van der Waals surface area contributed by atoms with Gasteiger partial charge >= 0.3 is 0 Å². The van der Waals surface area contributed by atoms with E-state index in [0.29, 0.717) is 6.10 Å². The molecule has 0 aromatic carbocycles. The molecule has 1 aliphatic carbocycles. The zero-order valence-electron chi connectivity index (χ0n) is 7.72. The molecule has 0 spiro atoms. The summed E-state index contributed by atoms with van der Waals surface area (Å²) in [5.41, 5.74) is 0. The second kappa shape index (κ2) is 3.69. The van der Waals surface area contributed by atoms with Gasteiger partial charge in [0, 0.05) is 0 Å². The number of hydrogen-bond acceptors (Lipinski definition) is 2. The first-order valence-corrected chi connectivity index (χ1v) is 7.74. The normalized spacial score (nSPS) is 18.8. The first-order chi connectivity index (χ1) is 5.08. The molecule has 0 aromatic heterocycles. The highest BCUT2D eigenvalue weighted by molar-refractivity contribution is 6.69. The SMILES string of the molecule is C[Si](C)(C)OCCOC1CC1. The number of hydrogen-bond donors (Lipinski definition) is 0. The summed E-state index contributed by atoms with van der Waals surface area (Å²) < 4.78 is 11.1. The molecule has 1 fully saturated rings. The molecule has 0 atom stereocenters. The molecule has 1 aliphatic rings. The lowest BCUT2D eigenvalue weighted by Crippen LogP contribution is -2.27. The van der Waals surface area contributed by atoms with E-state index < -0.39 is 8.32 Å². The van der Waals surface area contributed by atoms with Crippen LogP contribution in [0.3, 0.4) is 0 Å². The maximum Gasteiger partial charge on any atom is 0.183 e. The molecule has 0 radical (unpaired) electrons. The molecule has 0 amide bonds. The summed E-state index contributed by atoms with van der Waals surface area (Å²) in [7, 11) is -1.29. The van der Waals surface area contributed by atoms with Crippen LogP contribution in [0.5, 0.6) is 0 Å². The molecule has 1 rings (SSSR count). The van der Waals surface area contributed by atoms with Crippen LogP contribution in [0, 0.1) is 0 Å². The third kappa shape index (κ3) is 5.41. The zero-order valence-corrected chi connectivity index (χ0v) is 8.72. The standard InChI is InChI=1S/C8H18O2Si/c1-11(2,3)10-7-6-9-8-4-5-8/h8H,4-7H2,1-3H3. The van der Waals surface area contributed by atoms with Crippen LogP contribution in [-0.4, -0.2) is 27.6 Å². The van der Waals surface area contributed by atoms with Crippen molar-refractivity contribution in [1.29, 1.82) is 0 Å². The Morgan fingerprint density at radius 3 is 2.27 bits per heavy atom. The largest absolute Gasteiger partial charge is 0.415 e. The Balaban J connectivity index is 1.87. The van der Waals surface area contributed by atoms with E-state index in [1.165, 1.54) is 12.8 Å². The average molecular weight is 174 g/mol. The highest BCUT2D eigenvalue weighted by atomic mass is 28.4. The maximum atomic E-state index is 5.62. The van der Waals surface area contributed by atoms with Gasteiger partial charge in [0.1, 0.15) is 0 Å². The predicted molar refractivity (Wildman–Crippen MR) is 48.3 cm³/mol. The lowest BCUT2D eigenvalue weighted by atomic mass is 10.7. The average Bonchev–Trinajstić information content (AvgIpc) is 2.60. The molecule has 2 nitrogen and oxygen atoms in total. The summed E-state index contributed by atoms with van der Waals surface area (Å²) in [4.78, 5) is 0. The van der Waals surface area contributed by atoms with Crippen LogP contribution in [0.4, 0.5) is 0 Å². The molecule has 0 bridgehead atoms. The van der Waals surface area contributed by atoms with Crippen molar-refractivity contribution in [2.24, 2.45) is 0 Å². The summed E-state index contributed by atoms with van der Waals surface area (Å²) in [6.45, 7) is 8.17. The molecular weight excluding hydrogens is 156 g/mol. The fourth-order valence-corrected chi connectivity index (χ4v) is 1.49. The van der Waals surface area contributed by atoms with Crippen LogP contribution >= 0.6 is 0 Å². The van der Waals surface area contributed by atoms with Crippen LogP contribution in [0.15, 0.2) is 0 Å². The van der Waals surface area contributed by atoms with E-state index >= 15 is 0 Å². The van der Waals surface area contributed by atoms with Crippen molar-refractivity contribution >= 4 is 8.32 Å². The van der Waals surface area contributed by atoms with E-state index in [1.54, 1.807) is 0 Å². The fraction of sp³-hybridized carbons (Fsp3) is 1.00. The Bertz CT molecular complexity index is 116. The predicted octanol–water partition coefficient (Wildman–Crippen LogP) is 2.02. The molecule has 0 saturated heterocycles. The lowest BCUT2D eigenvalue weighted by Gasteiger charge is -2.16. The minimum Gasteiger partial charge on any atom is -0.415 e. The third-order valence-electron chi connectivity index (χ3n) is 1.50. The molecule has 11 heavy (non-hydrogen) atoms. The minimum atomic E-state index is -1.29. The van der Waals surface area contributed by atoms with Gasteiger partial charge in [0.05, 0.1) is 19.3 Å². The van der Waals surface area contributed by atoms with E-state index in [9.17, 15) is 0 Å². The van der Waals surface area contributed by atoms with Gasteiger partial charge in [-0.1, -0.05) is 0 Å². The third-order valence-corrected chi connectivity index (χ3v) is 2.57. The highest BCUT2D eigenvalue weighted by Crippen LogP contribution is 2.23. The van der Waals surface area contributed by atoms with Crippen LogP contribution in [0.2, 0.25) is 19.6 Å². The molecule has 0 unspecified atom stereocenters. The van der Waals surface area contributed by atoms with Gasteiger partial charge in [0.15, 0.2) is 8.32 Å². The first-order valence-electron chi connectivity index (χ1n) is 4.33. The molecule has 0 aliphatic heterocycles. The molecule has 0 N–H and O–H groups in total. The van der Waals surface area contributed by atoms with Crippen LogP contribution in [0.1, 0.15) is 12.8 Å². The zero-order chi connectivity index (χ0) is 8.32. The smallest absolute Gasteiger partial charge is 0.183 e. The van der Waals surface area contributed by atoms with Crippen molar-refractivity contribution < 1.29 is 9.16 Å². The monoisotopic (exact) mass is 174 g/mol. The Morgan fingerprint density at radius 2 is 1.82 bits per heavy atom. The van der Waals surface area contributed by atoms with Crippen molar-refractivity contribution in [2.75, 3.05) is 13.2 Å². The van der Waals surface area contributed by atoms with E-state index in [2.05, 4.69) is 19.6 Å². The lowest BCUT2D eigenvalue weighted by molar-refractivity contribution is 0.0860. The van der Waals surface area contributed by atoms with Gasteiger partial charge in [0.25, 0.3) is 0 Å². The summed E-state index contributed by atoms with van der Waals surface area (Å²) in [6.07, 6.45) is 3.08. The fourth-order valence-electron chi connectivity index (χ4n) is 0.797. The van der Waals surface area contributed by atoms with Gasteiger partial charge in [-0.25, -0.2) is 0 Å². The van der Waals surface area contributed by atoms with Crippen LogP contribution < -0.4 is 0 Å². The van der Waals surface area contributed by atoms with Gasteiger partial charge in [0.2, 0.25) is 0 Å². The molecule has 1 saturated carbocycles. The second-order valence-corrected chi connectivity index (χ2v) is 8.54.